The molecule has 0 spiro atoms. The minimum Gasteiger partial charge on any atom is -0.465 e. The summed E-state index contributed by atoms with van der Waals surface area (Å²) in [5.74, 6) is -0.192. The van der Waals surface area contributed by atoms with Gasteiger partial charge in [0.15, 0.2) is 0 Å². The number of carbonyl (C=O) groups is 1. The first-order valence-corrected chi connectivity index (χ1v) is 7.08. The van der Waals surface area contributed by atoms with E-state index in [-0.39, 0.29) is 18.6 Å². The van der Waals surface area contributed by atoms with E-state index in [1.807, 2.05) is 31.2 Å². The van der Waals surface area contributed by atoms with Gasteiger partial charge >= 0.3 is 5.97 Å². The highest BCUT2D eigenvalue weighted by molar-refractivity contribution is 9.10. The van der Waals surface area contributed by atoms with Crippen molar-refractivity contribution in [1.82, 2.24) is 5.32 Å². The first-order valence-electron chi connectivity index (χ1n) is 6.28. The minimum absolute atomic E-state index is 0.110. The number of esters is 1. The Hall–Kier alpha value is -0.870. The van der Waals surface area contributed by atoms with Gasteiger partial charge in [-0.15, -0.1) is 0 Å². The number of hydrogen-bond acceptors (Lipinski definition) is 3. The summed E-state index contributed by atoms with van der Waals surface area (Å²) in [4.78, 5) is 11.4. The number of unbranched alkanes of at least 4 members (excludes halogenated alkanes) is 1. The van der Waals surface area contributed by atoms with Crippen molar-refractivity contribution in [2.75, 3.05) is 13.2 Å². The third-order valence-corrected chi connectivity index (χ3v) is 3.41. The standard InChI is InChI=1S/C14H20BrNO2/c1-3-4-9-18-14(17)10-16-11(2)12-7-5-6-8-13(12)15/h5-8,11,16H,3-4,9-10H2,1-2H3/t11-/m1/s1. The molecule has 0 amide bonds. The molecule has 0 fully saturated rings. The highest BCUT2D eigenvalue weighted by atomic mass is 79.9. The molecule has 0 heterocycles. The number of nitrogens with one attached hydrogen (secondary N) is 1. The Balaban J connectivity index is 2.35. The molecule has 0 aliphatic heterocycles. The maximum Gasteiger partial charge on any atom is 0.319 e. The third-order valence-electron chi connectivity index (χ3n) is 2.69. The monoisotopic (exact) mass is 313 g/mol. The molecule has 4 heteroatoms. The first kappa shape index (κ1) is 15.2. The lowest BCUT2D eigenvalue weighted by molar-refractivity contribution is -0.142. The van der Waals surface area contributed by atoms with E-state index in [9.17, 15) is 4.79 Å². The van der Waals surface area contributed by atoms with Crippen LogP contribution in [-0.2, 0) is 9.53 Å². The fourth-order valence-electron chi connectivity index (χ4n) is 1.55. The maximum atomic E-state index is 11.4. The molecule has 0 aromatic heterocycles. The van der Waals surface area contributed by atoms with E-state index in [1.165, 1.54) is 0 Å². The van der Waals surface area contributed by atoms with Gasteiger partial charge < -0.3 is 10.1 Å². The van der Waals surface area contributed by atoms with Crippen molar-refractivity contribution < 1.29 is 9.53 Å². The second-order valence-electron chi connectivity index (χ2n) is 4.20. The molecule has 0 saturated carbocycles. The van der Waals surface area contributed by atoms with Crippen molar-refractivity contribution in [1.29, 1.82) is 0 Å². The number of halogens is 1. The Morgan fingerprint density at radius 2 is 2.17 bits per heavy atom. The molecule has 0 saturated heterocycles. The smallest absolute Gasteiger partial charge is 0.319 e. The predicted molar refractivity (Wildman–Crippen MR) is 76.4 cm³/mol. The van der Waals surface area contributed by atoms with Crippen molar-refractivity contribution >= 4 is 21.9 Å². The quantitative estimate of drug-likeness (QED) is 0.619. The van der Waals surface area contributed by atoms with Gasteiger partial charge in [-0.25, -0.2) is 0 Å². The van der Waals surface area contributed by atoms with E-state index in [4.69, 9.17) is 4.74 Å². The third kappa shape index (κ3) is 5.19. The molecule has 0 radical (unpaired) electrons. The molecule has 0 unspecified atom stereocenters. The van der Waals surface area contributed by atoms with Crippen LogP contribution in [0.1, 0.15) is 38.3 Å². The summed E-state index contributed by atoms with van der Waals surface area (Å²) < 4.78 is 6.13. The Bertz CT molecular complexity index is 382. The zero-order valence-electron chi connectivity index (χ0n) is 10.9. The highest BCUT2D eigenvalue weighted by Crippen LogP contribution is 2.22. The van der Waals surface area contributed by atoms with Crippen molar-refractivity contribution in [3.63, 3.8) is 0 Å². The van der Waals surface area contributed by atoms with Gasteiger partial charge in [-0.1, -0.05) is 47.5 Å². The summed E-state index contributed by atoms with van der Waals surface area (Å²) in [5.41, 5.74) is 1.14. The van der Waals surface area contributed by atoms with Gasteiger partial charge in [0, 0.05) is 10.5 Å². The van der Waals surface area contributed by atoms with E-state index in [1.54, 1.807) is 0 Å². The fraction of sp³-hybridized carbons (Fsp3) is 0.500. The van der Waals surface area contributed by atoms with Crippen LogP contribution in [0, 0.1) is 0 Å². The second kappa shape index (κ2) is 8.27. The van der Waals surface area contributed by atoms with Crippen LogP contribution in [0.3, 0.4) is 0 Å². The zero-order chi connectivity index (χ0) is 13.4. The van der Waals surface area contributed by atoms with E-state index < -0.39 is 0 Å². The Labute approximate surface area is 117 Å². The molecule has 1 aromatic carbocycles. The number of ether oxygens (including phenoxy) is 1. The van der Waals surface area contributed by atoms with Crippen molar-refractivity contribution in [2.24, 2.45) is 0 Å². The van der Waals surface area contributed by atoms with E-state index in [0.717, 1.165) is 22.9 Å². The summed E-state index contributed by atoms with van der Waals surface area (Å²) in [5, 5.41) is 3.16. The van der Waals surface area contributed by atoms with Gasteiger partial charge in [-0.2, -0.15) is 0 Å². The van der Waals surface area contributed by atoms with E-state index >= 15 is 0 Å². The fourth-order valence-corrected chi connectivity index (χ4v) is 2.18. The van der Waals surface area contributed by atoms with E-state index in [2.05, 4.69) is 28.2 Å². The average Bonchev–Trinajstić information content (AvgIpc) is 2.37. The van der Waals surface area contributed by atoms with Crippen LogP contribution in [-0.4, -0.2) is 19.1 Å². The summed E-state index contributed by atoms with van der Waals surface area (Å²) >= 11 is 3.50. The molecule has 100 valence electrons. The molecule has 0 aliphatic carbocycles. The van der Waals surface area contributed by atoms with Gasteiger partial charge in [-0.05, 0) is 25.0 Å². The lowest BCUT2D eigenvalue weighted by atomic mass is 10.1. The summed E-state index contributed by atoms with van der Waals surface area (Å²) in [6.07, 6.45) is 1.96. The number of carbonyl (C=O) groups excluding carboxylic acids is 1. The highest BCUT2D eigenvalue weighted by Gasteiger charge is 2.10. The molecular formula is C14H20BrNO2. The van der Waals surface area contributed by atoms with E-state index in [0.29, 0.717) is 6.61 Å². The van der Waals surface area contributed by atoms with Crippen LogP contribution in [0.5, 0.6) is 0 Å². The molecule has 3 nitrogen and oxygen atoms in total. The molecule has 1 aromatic rings. The topological polar surface area (TPSA) is 38.3 Å². The minimum atomic E-state index is -0.192. The molecule has 0 bridgehead atoms. The number of rotatable bonds is 7. The van der Waals surface area contributed by atoms with Gasteiger partial charge in [0.05, 0.1) is 13.2 Å². The lowest BCUT2D eigenvalue weighted by Crippen LogP contribution is -2.27. The molecular weight excluding hydrogens is 294 g/mol. The number of benzene rings is 1. The van der Waals surface area contributed by atoms with Crippen LogP contribution in [0.2, 0.25) is 0 Å². The molecule has 1 N–H and O–H groups in total. The average molecular weight is 314 g/mol. The SMILES string of the molecule is CCCCOC(=O)CN[C@H](C)c1ccccc1Br. The van der Waals surface area contributed by atoms with Crippen molar-refractivity contribution in [3.8, 4) is 0 Å². The van der Waals surface area contributed by atoms with Crippen LogP contribution < -0.4 is 5.32 Å². The lowest BCUT2D eigenvalue weighted by Gasteiger charge is -2.15. The van der Waals surface area contributed by atoms with Gasteiger partial charge in [0.25, 0.3) is 0 Å². The summed E-state index contributed by atoms with van der Waals surface area (Å²) in [6.45, 7) is 4.85. The van der Waals surface area contributed by atoms with Gasteiger partial charge in [-0.3, -0.25) is 4.79 Å². The normalized spacial score (nSPS) is 12.2. The molecule has 1 rings (SSSR count). The Morgan fingerprint density at radius 1 is 1.44 bits per heavy atom. The van der Waals surface area contributed by atoms with Crippen LogP contribution >= 0.6 is 15.9 Å². The van der Waals surface area contributed by atoms with Gasteiger partial charge in [0.1, 0.15) is 0 Å². The van der Waals surface area contributed by atoms with Crippen molar-refractivity contribution in [2.45, 2.75) is 32.7 Å². The largest absolute Gasteiger partial charge is 0.465 e. The van der Waals surface area contributed by atoms with Crippen molar-refractivity contribution in [3.05, 3.63) is 34.3 Å². The molecule has 1 atom stereocenters. The van der Waals surface area contributed by atoms with Crippen LogP contribution in [0.15, 0.2) is 28.7 Å². The predicted octanol–water partition coefficient (Wildman–Crippen LogP) is 3.44. The Kier molecular flexibility index (Phi) is 6.98. The van der Waals surface area contributed by atoms with Crippen LogP contribution in [0.25, 0.3) is 0 Å². The Morgan fingerprint density at radius 3 is 2.83 bits per heavy atom. The first-order chi connectivity index (χ1) is 8.65. The second-order valence-corrected chi connectivity index (χ2v) is 5.05. The molecule has 18 heavy (non-hydrogen) atoms. The van der Waals surface area contributed by atoms with Crippen LogP contribution in [0.4, 0.5) is 0 Å². The maximum absolute atomic E-state index is 11.4. The zero-order valence-corrected chi connectivity index (χ0v) is 12.5. The summed E-state index contributed by atoms with van der Waals surface area (Å²) in [6, 6.07) is 8.09. The number of hydrogen-bond donors (Lipinski definition) is 1. The molecule has 0 aliphatic rings. The van der Waals surface area contributed by atoms with Gasteiger partial charge in [0.2, 0.25) is 0 Å². The summed E-state index contributed by atoms with van der Waals surface area (Å²) in [7, 11) is 0.